The molecule has 0 fully saturated rings. The number of carbonyl (C=O) groups is 1. The van der Waals surface area contributed by atoms with E-state index in [9.17, 15) is 4.79 Å². The largest absolute Gasteiger partial charge is 0.486 e. The number of benzene rings is 1. The van der Waals surface area contributed by atoms with E-state index in [0.29, 0.717) is 30.4 Å². The lowest BCUT2D eigenvalue weighted by atomic mass is 10.2. The van der Waals surface area contributed by atoms with Gasteiger partial charge in [0.25, 0.3) is 0 Å². The van der Waals surface area contributed by atoms with E-state index >= 15 is 0 Å². The summed E-state index contributed by atoms with van der Waals surface area (Å²) in [6, 6.07) is 9.27. The van der Waals surface area contributed by atoms with Crippen LogP contribution >= 0.6 is 27.7 Å². The molecule has 0 amide bonds. The minimum atomic E-state index is -0.462. The van der Waals surface area contributed by atoms with Crippen molar-refractivity contribution in [1.29, 1.82) is 0 Å². The first-order chi connectivity index (χ1) is 12.7. The van der Waals surface area contributed by atoms with Gasteiger partial charge in [-0.2, -0.15) is 0 Å². The fourth-order valence-electron chi connectivity index (χ4n) is 2.73. The van der Waals surface area contributed by atoms with Gasteiger partial charge < -0.3 is 14.2 Å². The Morgan fingerprint density at radius 1 is 1.31 bits per heavy atom. The summed E-state index contributed by atoms with van der Waals surface area (Å²) >= 11 is 4.96. The van der Waals surface area contributed by atoms with Gasteiger partial charge in [-0.25, -0.2) is 9.78 Å². The highest BCUT2D eigenvalue weighted by Crippen LogP contribution is 2.36. The van der Waals surface area contributed by atoms with Crippen LogP contribution in [0.1, 0.15) is 16.1 Å². The Morgan fingerprint density at radius 2 is 2.08 bits per heavy atom. The quantitative estimate of drug-likeness (QED) is 0.457. The van der Waals surface area contributed by atoms with Gasteiger partial charge in [-0.1, -0.05) is 33.8 Å². The van der Waals surface area contributed by atoms with Crippen molar-refractivity contribution in [3.05, 3.63) is 52.3 Å². The van der Waals surface area contributed by atoms with Crippen molar-refractivity contribution in [2.75, 3.05) is 19.5 Å². The monoisotopic (exact) mass is 434 g/mol. The topological polar surface area (TPSA) is 62.1 Å². The molecule has 0 atom stereocenters. The fraction of sp³-hybridized carbons (Fsp3) is 0.222. The van der Waals surface area contributed by atoms with Crippen LogP contribution in [0.5, 0.6) is 11.5 Å². The fourth-order valence-corrected chi connectivity index (χ4v) is 3.71. The van der Waals surface area contributed by atoms with E-state index in [2.05, 4.69) is 20.9 Å². The molecule has 0 unspecified atom stereocenters. The lowest BCUT2D eigenvalue weighted by molar-refractivity contribution is 0.0467. The molecule has 0 spiro atoms. The number of hydrogen-bond acceptors (Lipinski definition) is 6. The number of nitrogens with zero attached hydrogens (tertiary/aromatic N) is 2. The zero-order valence-corrected chi connectivity index (χ0v) is 16.3. The van der Waals surface area contributed by atoms with Crippen LogP contribution in [-0.2, 0) is 11.3 Å². The van der Waals surface area contributed by atoms with Crippen molar-refractivity contribution in [2.24, 2.45) is 0 Å². The summed E-state index contributed by atoms with van der Waals surface area (Å²) in [5.41, 5.74) is 1.84. The predicted molar refractivity (Wildman–Crippen MR) is 101 cm³/mol. The molecule has 1 aromatic carbocycles. The highest BCUT2D eigenvalue weighted by atomic mass is 79.9. The van der Waals surface area contributed by atoms with Gasteiger partial charge in [0.2, 0.25) is 0 Å². The molecule has 2 aromatic heterocycles. The van der Waals surface area contributed by atoms with Crippen LogP contribution in [0.4, 0.5) is 0 Å². The Kier molecular flexibility index (Phi) is 4.78. The number of carbonyl (C=O) groups excluding carboxylic acids is 1. The van der Waals surface area contributed by atoms with Gasteiger partial charge in [0, 0.05) is 16.2 Å². The minimum Gasteiger partial charge on any atom is -0.486 e. The number of pyridine rings is 1. The first-order valence-corrected chi connectivity index (χ1v) is 9.95. The van der Waals surface area contributed by atoms with Crippen LogP contribution in [0.3, 0.4) is 0 Å². The second-order valence-corrected chi connectivity index (χ2v) is 7.19. The molecule has 26 heavy (non-hydrogen) atoms. The Labute approximate surface area is 162 Å². The Balaban J connectivity index is 1.56. The van der Waals surface area contributed by atoms with Crippen LogP contribution in [0, 0.1) is 0 Å². The number of rotatable bonds is 4. The van der Waals surface area contributed by atoms with Crippen molar-refractivity contribution in [2.45, 2.75) is 11.8 Å². The van der Waals surface area contributed by atoms with Crippen molar-refractivity contribution in [1.82, 2.24) is 9.38 Å². The van der Waals surface area contributed by atoms with Crippen molar-refractivity contribution < 1.29 is 19.0 Å². The number of fused-ring (bicyclic) bond motifs is 2. The van der Waals surface area contributed by atoms with Gasteiger partial charge in [-0.05, 0) is 30.5 Å². The second-order valence-electron chi connectivity index (χ2n) is 5.57. The number of ether oxygens (including phenoxy) is 3. The maximum Gasteiger partial charge on any atom is 0.359 e. The van der Waals surface area contributed by atoms with Gasteiger partial charge in [-0.3, -0.25) is 4.40 Å². The van der Waals surface area contributed by atoms with Gasteiger partial charge in [0.15, 0.2) is 22.3 Å². The molecule has 0 N–H and O–H groups in total. The number of halogens is 1. The molecule has 0 aliphatic carbocycles. The number of thioether (sulfide) groups is 1. The molecule has 3 heterocycles. The molecule has 0 saturated carbocycles. The van der Waals surface area contributed by atoms with Crippen LogP contribution in [0.15, 0.2) is 46.2 Å². The van der Waals surface area contributed by atoms with Crippen LogP contribution < -0.4 is 9.47 Å². The van der Waals surface area contributed by atoms with E-state index in [0.717, 1.165) is 20.7 Å². The maximum absolute atomic E-state index is 12.6. The molecule has 1 aliphatic rings. The Hall–Kier alpha value is -2.19. The Morgan fingerprint density at radius 3 is 2.85 bits per heavy atom. The molecule has 3 aromatic rings. The third kappa shape index (κ3) is 3.14. The lowest BCUT2D eigenvalue weighted by Gasteiger charge is -2.19. The van der Waals surface area contributed by atoms with E-state index in [4.69, 9.17) is 14.2 Å². The molecule has 6 nitrogen and oxygen atoms in total. The van der Waals surface area contributed by atoms with Crippen LogP contribution in [-0.4, -0.2) is 34.8 Å². The SMILES string of the molecule is CSc1nc(C(=O)OCc2cc3c(cc2Br)OCCO3)c2ccccn12. The third-order valence-corrected chi connectivity index (χ3v) is 5.35. The predicted octanol–water partition coefficient (Wildman–Crippen LogP) is 3.95. The average Bonchev–Trinajstić information content (AvgIpc) is 3.05. The normalized spacial score (nSPS) is 13.0. The zero-order valence-electron chi connectivity index (χ0n) is 13.9. The summed E-state index contributed by atoms with van der Waals surface area (Å²) in [5.74, 6) is 0.876. The van der Waals surface area contributed by atoms with E-state index in [1.54, 1.807) is 0 Å². The number of imidazole rings is 1. The van der Waals surface area contributed by atoms with Gasteiger partial charge in [0.05, 0.1) is 5.52 Å². The average molecular weight is 435 g/mol. The maximum atomic E-state index is 12.6. The first-order valence-electron chi connectivity index (χ1n) is 7.93. The molecule has 8 heteroatoms. The Bertz CT molecular complexity index is 989. The molecular weight excluding hydrogens is 420 g/mol. The summed E-state index contributed by atoms with van der Waals surface area (Å²) in [6.07, 6.45) is 3.80. The second kappa shape index (κ2) is 7.20. The van der Waals surface area contributed by atoms with Crippen LogP contribution in [0.25, 0.3) is 5.52 Å². The molecule has 134 valence electrons. The van der Waals surface area contributed by atoms with Gasteiger partial charge in [-0.15, -0.1) is 0 Å². The zero-order chi connectivity index (χ0) is 18.1. The molecule has 1 aliphatic heterocycles. The summed E-state index contributed by atoms with van der Waals surface area (Å²) < 4.78 is 19.3. The van der Waals surface area contributed by atoms with E-state index in [1.807, 2.05) is 47.2 Å². The summed E-state index contributed by atoms with van der Waals surface area (Å²) in [7, 11) is 0. The molecule has 0 bridgehead atoms. The number of aromatic nitrogens is 2. The standard InChI is InChI=1S/C18H15BrN2O4S/c1-26-18-20-16(13-4-2-3-5-21(13)18)17(22)25-10-11-8-14-15(9-12(11)19)24-7-6-23-14/h2-5,8-9H,6-7,10H2,1H3. The van der Waals surface area contributed by atoms with Crippen molar-refractivity contribution in [3.63, 3.8) is 0 Å². The molecular formula is C18H15BrN2O4S. The van der Waals surface area contributed by atoms with Gasteiger partial charge in [0.1, 0.15) is 19.8 Å². The number of esters is 1. The van der Waals surface area contributed by atoms with Crippen LogP contribution in [0.2, 0.25) is 0 Å². The third-order valence-electron chi connectivity index (χ3n) is 3.96. The van der Waals surface area contributed by atoms with E-state index in [1.165, 1.54) is 11.8 Å². The lowest BCUT2D eigenvalue weighted by Crippen LogP contribution is -2.16. The summed E-state index contributed by atoms with van der Waals surface area (Å²) in [5, 5.41) is 0.744. The summed E-state index contributed by atoms with van der Waals surface area (Å²) in [4.78, 5) is 17.0. The molecule has 0 saturated heterocycles. The highest BCUT2D eigenvalue weighted by molar-refractivity contribution is 9.10. The molecule has 0 radical (unpaired) electrons. The minimum absolute atomic E-state index is 0.108. The highest BCUT2D eigenvalue weighted by Gasteiger charge is 2.20. The first kappa shape index (κ1) is 17.2. The smallest absolute Gasteiger partial charge is 0.359 e. The summed E-state index contributed by atoms with van der Waals surface area (Å²) in [6.45, 7) is 1.14. The molecule has 4 rings (SSSR count). The number of hydrogen-bond donors (Lipinski definition) is 0. The van der Waals surface area contributed by atoms with Crippen molar-refractivity contribution >= 4 is 39.2 Å². The van der Waals surface area contributed by atoms with Crippen molar-refractivity contribution in [3.8, 4) is 11.5 Å². The van der Waals surface area contributed by atoms with E-state index in [-0.39, 0.29) is 6.61 Å². The van der Waals surface area contributed by atoms with Gasteiger partial charge >= 0.3 is 5.97 Å². The van der Waals surface area contributed by atoms with E-state index < -0.39 is 5.97 Å².